The molecular formula is C34H44Cl2Zr. The van der Waals surface area contributed by atoms with Crippen LogP contribution in [-0.4, -0.2) is 0 Å². The predicted octanol–water partition coefficient (Wildman–Crippen LogP) is 3.73. The molecule has 1 saturated carbocycles. The third-order valence-electron chi connectivity index (χ3n) is 9.02. The van der Waals surface area contributed by atoms with Gasteiger partial charge in [-0.2, -0.15) is 0 Å². The molecule has 2 aromatic carbocycles. The van der Waals surface area contributed by atoms with Gasteiger partial charge in [0.25, 0.3) is 0 Å². The zero-order valence-corrected chi connectivity index (χ0v) is 28.4. The minimum absolute atomic E-state index is 0. The summed E-state index contributed by atoms with van der Waals surface area (Å²) in [7, 11) is 0. The van der Waals surface area contributed by atoms with E-state index in [2.05, 4.69) is 118 Å². The van der Waals surface area contributed by atoms with E-state index in [1.165, 1.54) is 40.7 Å². The van der Waals surface area contributed by atoms with Crippen LogP contribution < -0.4 is 24.8 Å². The summed E-state index contributed by atoms with van der Waals surface area (Å²) in [6, 6.07) is 14.7. The average molecular weight is 615 g/mol. The number of hydrogen-bond donors (Lipinski definition) is 0. The first-order valence-electron chi connectivity index (χ1n) is 13.3. The maximum Gasteiger partial charge on any atom is 2.00 e. The maximum atomic E-state index is 2.64. The molecule has 1 fully saturated rings. The Morgan fingerprint density at radius 2 is 1.16 bits per heavy atom. The van der Waals surface area contributed by atoms with Gasteiger partial charge < -0.3 is 24.8 Å². The van der Waals surface area contributed by atoms with E-state index in [0.717, 1.165) is 0 Å². The van der Waals surface area contributed by atoms with E-state index in [4.69, 9.17) is 0 Å². The second-order valence-electron chi connectivity index (χ2n) is 14.6. The molecule has 0 aliphatic heterocycles. The fourth-order valence-corrected chi connectivity index (χ4v) is 6.73. The van der Waals surface area contributed by atoms with Gasteiger partial charge in [-0.3, -0.25) is 0 Å². The van der Waals surface area contributed by atoms with Gasteiger partial charge >= 0.3 is 26.2 Å². The Kier molecular flexibility index (Phi) is 9.17. The van der Waals surface area contributed by atoms with Crippen molar-refractivity contribution in [2.75, 3.05) is 0 Å². The van der Waals surface area contributed by atoms with Crippen LogP contribution in [0.1, 0.15) is 110 Å². The summed E-state index contributed by atoms with van der Waals surface area (Å²) in [5, 5.41) is 0. The quantitative estimate of drug-likeness (QED) is 0.460. The van der Waals surface area contributed by atoms with Gasteiger partial charge in [-0.05, 0) is 73.5 Å². The maximum absolute atomic E-state index is 2.64. The topological polar surface area (TPSA) is 0 Å². The van der Waals surface area contributed by atoms with Crippen molar-refractivity contribution in [1.29, 1.82) is 0 Å². The largest absolute Gasteiger partial charge is 2.00 e. The molecule has 2 unspecified atom stereocenters. The number of allylic oxidation sites excluding steroid dienone is 4. The molecule has 3 aliphatic rings. The number of halogens is 2. The van der Waals surface area contributed by atoms with Gasteiger partial charge in [-0.25, -0.2) is 0 Å². The van der Waals surface area contributed by atoms with Crippen molar-refractivity contribution in [3.05, 3.63) is 82.0 Å². The molecule has 5 rings (SSSR count). The first-order valence-corrected chi connectivity index (χ1v) is 13.3. The molecule has 0 amide bonds. The molecule has 0 spiro atoms. The van der Waals surface area contributed by atoms with Crippen molar-refractivity contribution in [3.8, 4) is 11.1 Å². The normalized spacial score (nSPS) is 22.6. The summed E-state index contributed by atoms with van der Waals surface area (Å²) in [4.78, 5) is 0. The zero-order valence-electron chi connectivity index (χ0n) is 24.4. The van der Waals surface area contributed by atoms with Gasteiger partial charge in [-0.15, -0.1) is 0 Å². The second-order valence-corrected chi connectivity index (χ2v) is 14.6. The molecule has 3 aliphatic carbocycles. The van der Waals surface area contributed by atoms with Crippen molar-refractivity contribution in [1.82, 2.24) is 0 Å². The van der Waals surface area contributed by atoms with E-state index in [-0.39, 0.29) is 72.7 Å². The Bertz CT molecular complexity index is 1170. The third kappa shape index (κ3) is 5.41. The molecule has 0 nitrogen and oxygen atoms in total. The van der Waals surface area contributed by atoms with Crippen LogP contribution in [0.5, 0.6) is 0 Å². The van der Waals surface area contributed by atoms with Gasteiger partial charge in [0.2, 0.25) is 0 Å². The second kappa shape index (κ2) is 10.4. The molecular weight excluding hydrogens is 571 g/mol. The summed E-state index contributed by atoms with van der Waals surface area (Å²) >= 11 is 0. The van der Waals surface area contributed by atoms with Crippen LogP contribution in [0.3, 0.4) is 0 Å². The minimum atomic E-state index is 0. The third-order valence-corrected chi connectivity index (χ3v) is 9.02. The molecule has 37 heavy (non-hydrogen) atoms. The van der Waals surface area contributed by atoms with Crippen LogP contribution in [0, 0.1) is 16.7 Å². The molecule has 3 heteroatoms. The molecule has 2 aromatic rings. The molecule has 0 aromatic heterocycles. The van der Waals surface area contributed by atoms with Crippen LogP contribution >= 0.6 is 0 Å². The molecule has 0 radical (unpaired) electrons. The molecule has 0 heterocycles. The SMILES string of the molecule is CC(C)(C)C1=CC2C(=C1)CCC2(C)C1c2cc(C(C)(C)C)ccc2-c2ccc(C(C)(C)C)cc21.[Cl-].[Cl-].[Zr+2]. The molecule has 0 N–H and O–H groups in total. The van der Waals surface area contributed by atoms with E-state index in [1.807, 2.05) is 0 Å². The van der Waals surface area contributed by atoms with Crippen molar-refractivity contribution < 1.29 is 51.0 Å². The summed E-state index contributed by atoms with van der Waals surface area (Å²) in [6.45, 7) is 23.7. The van der Waals surface area contributed by atoms with Crippen LogP contribution in [-0.2, 0) is 37.0 Å². The van der Waals surface area contributed by atoms with E-state index in [1.54, 1.807) is 16.7 Å². The van der Waals surface area contributed by atoms with Crippen LogP contribution in [0.4, 0.5) is 0 Å². The molecule has 0 saturated heterocycles. The molecule has 198 valence electrons. The zero-order chi connectivity index (χ0) is 24.8. The van der Waals surface area contributed by atoms with Crippen molar-refractivity contribution in [3.63, 3.8) is 0 Å². The summed E-state index contributed by atoms with van der Waals surface area (Å²) in [5.41, 5.74) is 12.9. The smallest absolute Gasteiger partial charge is 1.00 e. The first-order chi connectivity index (χ1) is 15.6. The fourth-order valence-electron chi connectivity index (χ4n) is 6.73. The number of fused-ring (bicyclic) bond motifs is 4. The van der Waals surface area contributed by atoms with Crippen molar-refractivity contribution >= 4 is 0 Å². The van der Waals surface area contributed by atoms with Crippen molar-refractivity contribution in [2.45, 2.75) is 98.8 Å². The predicted molar refractivity (Wildman–Crippen MR) is 148 cm³/mol. The Hall–Kier alpha value is -0.617. The molecule has 0 bridgehead atoms. The van der Waals surface area contributed by atoms with Gasteiger partial charge in [0.05, 0.1) is 0 Å². The average Bonchev–Trinajstić information content (AvgIpc) is 3.37. The van der Waals surface area contributed by atoms with Gasteiger partial charge in [0.15, 0.2) is 0 Å². The standard InChI is InChI=1S/C34H44.2ClH.Zr/c1-31(2,3)22-11-13-25-26-14-12-23(32(4,5)6)19-28(26)30(27(25)18-22)34(10)16-15-21-17-24(20-29(21)34)33(7,8)9;;;/h11-14,17-20,29-30H,15-16H2,1-10H3;2*1H;/q;;;+2/p-2. The summed E-state index contributed by atoms with van der Waals surface area (Å²) in [5.74, 6) is 0.982. The van der Waals surface area contributed by atoms with Crippen LogP contribution in [0.25, 0.3) is 11.1 Å². The van der Waals surface area contributed by atoms with E-state index in [9.17, 15) is 0 Å². The Balaban J connectivity index is 0.00000160. The Labute approximate surface area is 258 Å². The Morgan fingerprint density at radius 1 is 0.703 bits per heavy atom. The summed E-state index contributed by atoms with van der Waals surface area (Å²) in [6.07, 6.45) is 7.68. The monoisotopic (exact) mass is 612 g/mol. The number of rotatable bonds is 1. The summed E-state index contributed by atoms with van der Waals surface area (Å²) < 4.78 is 0. The van der Waals surface area contributed by atoms with Crippen LogP contribution in [0.15, 0.2) is 59.7 Å². The van der Waals surface area contributed by atoms with Crippen LogP contribution in [0.2, 0.25) is 0 Å². The van der Waals surface area contributed by atoms with Gasteiger partial charge in [-0.1, -0.05) is 123 Å². The minimum Gasteiger partial charge on any atom is -1.00 e. The van der Waals surface area contributed by atoms with Gasteiger partial charge in [0, 0.05) is 11.8 Å². The number of hydrogen-bond acceptors (Lipinski definition) is 0. The van der Waals surface area contributed by atoms with Gasteiger partial charge in [0.1, 0.15) is 0 Å². The van der Waals surface area contributed by atoms with Crippen molar-refractivity contribution in [2.24, 2.45) is 16.7 Å². The van der Waals surface area contributed by atoms with E-state index >= 15 is 0 Å². The number of benzene rings is 2. The Morgan fingerprint density at radius 3 is 1.57 bits per heavy atom. The van der Waals surface area contributed by atoms with E-state index in [0.29, 0.717) is 11.8 Å². The first kappa shape index (κ1) is 32.6. The van der Waals surface area contributed by atoms with E-state index < -0.39 is 0 Å². The molecule has 2 atom stereocenters. The fraction of sp³-hybridized carbons (Fsp3) is 0.529.